The number of hydrogen-bond donors (Lipinski definition) is 6. The van der Waals surface area contributed by atoms with Crippen molar-refractivity contribution >= 4 is 30.0 Å². The third-order valence-corrected chi connectivity index (χ3v) is 7.38. The summed E-state index contributed by atoms with van der Waals surface area (Å²) in [5.74, 6) is -6.69. The van der Waals surface area contributed by atoms with Gasteiger partial charge in [0.15, 0.2) is 0 Å². The molecule has 0 aromatic heterocycles. The Morgan fingerprint density at radius 3 is 2.34 bits per heavy atom. The summed E-state index contributed by atoms with van der Waals surface area (Å²) in [6.07, 6.45) is -3.39. The fourth-order valence-electron chi connectivity index (χ4n) is 4.90. The molecule has 1 fully saturated rings. The highest BCUT2D eigenvalue weighted by Gasteiger charge is 2.55. The van der Waals surface area contributed by atoms with Gasteiger partial charge in [0.25, 0.3) is 11.7 Å². The SMILES string of the molecule is CC(=O)N[C@H]1C([C@H](C)[C@H](O)CNC(=O)c2ccc(-c3ccccc3)cc2)O[C@@](OCC(=O)NCCCC=O)(C(=O)O)C[C@@H]1O. The minimum atomic E-state index is -2.48. The van der Waals surface area contributed by atoms with Gasteiger partial charge in [0, 0.05) is 44.3 Å². The van der Waals surface area contributed by atoms with Crippen LogP contribution in [0.3, 0.4) is 0 Å². The van der Waals surface area contributed by atoms with Gasteiger partial charge >= 0.3 is 5.97 Å². The van der Waals surface area contributed by atoms with Crippen molar-refractivity contribution in [3.63, 3.8) is 0 Å². The molecule has 238 valence electrons. The number of ether oxygens (including phenoxy) is 2. The van der Waals surface area contributed by atoms with Crippen molar-refractivity contribution in [2.75, 3.05) is 19.7 Å². The zero-order valence-electron chi connectivity index (χ0n) is 24.6. The fraction of sp³-hybridized carbons (Fsp3) is 0.452. The van der Waals surface area contributed by atoms with Gasteiger partial charge in [-0.25, -0.2) is 4.79 Å². The number of nitrogens with one attached hydrogen (secondary N) is 3. The van der Waals surface area contributed by atoms with E-state index in [1.807, 2.05) is 30.3 Å². The number of aldehydes is 1. The monoisotopic (exact) mass is 613 g/mol. The molecule has 1 aliphatic rings. The number of aliphatic hydroxyl groups is 2. The lowest BCUT2D eigenvalue weighted by Gasteiger charge is -2.47. The lowest BCUT2D eigenvalue weighted by molar-refractivity contribution is -0.302. The first kappa shape index (κ1) is 34.3. The molecule has 6 atom stereocenters. The highest BCUT2D eigenvalue weighted by molar-refractivity contribution is 5.94. The number of benzene rings is 2. The summed E-state index contributed by atoms with van der Waals surface area (Å²) in [6.45, 7) is 1.90. The van der Waals surface area contributed by atoms with Crippen LogP contribution in [0.4, 0.5) is 0 Å². The molecule has 0 saturated carbocycles. The minimum Gasteiger partial charge on any atom is -0.477 e. The van der Waals surface area contributed by atoms with E-state index in [1.54, 1.807) is 24.3 Å². The van der Waals surface area contributed by atoms with Crippen molar-refractivity contribution in [1.29, 1.82) is 0 Å². The average molecular weight is 614 g/mol. The van der Waals surface area contributed by atoms with Crippen LogP contribution in [-0.2, 0) is 28.7 Å². The number of amides is 3. The molecule has 3 rings (SSSR count). The molecule has 0 radical (unpaired) electrons. The van der Waals surface area contributed by atoms with E-state index < -0.39 is 72.8 Å². The number of carbonyl (C=O) groups excluding carboxylic acids is 4. The Labute approximate surface area is 254 Å². The summed E-state index contributed by atoms with van der Waals surface area (Å²) in [4.78, 5) is 59.7. The summed E-state index contributed by atoms with van der Waals surface area (Å²) in [7, 11) is 0. The second-order valence-corrected chi connectivity index (χ2v) is 10.7. The van der Waals surface area contributed by atoms with Crippen LogP contribution in [-0.4, -0.2) is 95.1 Å². The number of carboxylic acid groups (broad SMARTS) is 1. The normalized spacial score (nSPS) is 22.7. The van der Waals surface area contributed by atoms with Crippen molar-refractivity contribution in [1.82, 2.24) is 16.0 Å². The van der Waals surface area contributed by atoms with Crippen LogP contribution in [0, 0.1) is 5.92 Å². The van der Waals surface area contributed by atoms with Gasteiger partial charge in [0.05, 0.1) is 24.4 Å². The van der Waals surface area contributed by atoms with E-state index in [-0.39, 0.29) is 19.5 Å². The van der Waals surface area contributed by atoms with Crippen LogP contribution in [0.1, 0.15) is 43.5 Å². The molecule has 13 nitrogen and oxygen atoms in total. The first-order valence-corrected chi connectivity index (χ1v) is 14.3. The summed E-state index contributed by atoms with van der Waals surface area (Å²) < 4.78 is 11.3. The number of carboxylic acids is 1. The Morgan fingerprint density at radius 2 is 1.73 bits per heavy atom. The van der Waals surface area contributed by atoms with Crippen LogP contribution in [0.2, 0.25) is 0 Å². The van der Waals surface area contributed by atoms with Crippen LogP contribution < -0.4 is 16.0 Å². The predicted molar refractivity (Wildman–Crippen MR) is 157 cm³/mol. The van der Waals surface area contributed by atoms with Gasteiger partial charge in [-0.1, -0.05) is 49.4 Å². The second-order valence-electron chi connectivity index (χ2n) is 10.7. The maximum atomic E-state index is 12.8. The van der Waals surface area contributed by atoms with E-state index >= 15 is 0 Å². The molecule has 0 aliphatic carbocycles. The van der Waals surface area contributed by atoms with Gasteiger partial charge in [-0.2, -0.15) is 0 Å². The molecule has 2 aromatic carbocycles. The molecular weight excluding hydrogens is 574 g/mol. The van der Waals surface area contributed by atoms with Gasteiger partial charge in [-0.15, -0.1) is 0 Å². The van der Waals surface area contributed by atoms with Crippen LogP contribution >= 0.6 is 0 Å². The molecule has 1 saturated heterocycles. The van der Waals surface area contributed by atoms with Crippen molar-refractivity contribution in [3.8, 4) is 11.1 Å². The Bertz CT molecular complexity index is 1290. The number of aliphatic carboxylic acids is 1. The molecular formula is C31H39N3O10. The number of unbranched alkanes of at least 4 members (excludes halogenated alkanes) is 1. The molecule has 2 aromatic rings. The lowest BCUT2D eigenvalue weighted by atomic mass is 9.84. The van der Waals surface area contributed by atoms with Gasteiger partial charge < -0.3 is 45.5 Å². The van der Waals surface area contributed by atoms with Gasteiger partial charge in [-0.3, -0.25) is 14.4 Å². The highest BCUT2D eigenvalue weighted by Crippen LogP contribution is 2.35. The molecule has 1 unspecified atom stereocenters. The zero-order valence-corrected chi connectivity index (χ0v) is 24.6. The molecule has 0 spiro atoms. The average Bonchev–Trinajstić information content (AvgIpc) is 3.01. The number of aliphatic hydroxyl groups excluding tert-OH is 2. The van der Waals surface area contributed by atoms with Gasteiger partial charge in [0.1, 0.15) is 12.9 Å². The van der Waals surface area contributed by atoms with E-state index in [4.69, 9.17) is 9.47 Å². The fourth-order valence-corrected chi connectivity index (χ4v) is 4.90. The first-order valence-electron chi connectivity index (χ1n) is 14.3. The maximum absolute atomic E-state index is 12.8. The quantitative estimate of drug-likeness (QED) is 0.122. The lowest BCUT2D eigenvalue weighted by Crippen LogP contribution is -2.66. The number of rotatable bonds is 15. The molecule has 1 aliphatic heterocycles. The molecule has 1 heterocycles. The second kappa shape index (κ2) is 16.1. The molecule has 0 bridgehead atoms. The Morgan fingerprint density at radius 1 is 1.07 bits per heavy atom. The van der Waals surface area contributed by atoms with Crippen LogP contribution in [0.15, 0.2) is 54.6 Å². The number of hydrogen-bond acceptors (Lipinski definition) is 9. The third kappa shape index (κ3) is 9.16. The summed E-state index contributed by atoms with van der Waals surface area (Å²) in [6, 6.07) is 15.4. The first-order chi connectivity index (χ1) is 21.0. The van der Waals surface area contributed by atoms with Crippen molar-refractivity contribution in [2.45, 2.75) is 63.3 Å². The standard InChI is InChI=1S/C31H39N3O10/c1-19(25(38)17-33-29(40)23-12-10-22(11-13-23)21-8-4-3-5-9-21)28-27(34-20(2)36)24(37)16-31(44-28,30(41)42)43-18-26(39)32-14-6-7-15-35/h3-5,8-13,15,19,24-25,27-28,37-38H,6-7,14,16-18H2,1-2H3,(H,32,39)(H,33,40)(H,34,36)(H,41,42)/t19-,24+,25-,27-,28?,31-/m1/s1. The summed E-state index contributed by atoms with van der Waals surface area (Å²) in [5, 5.41) is 39.6. The summed E-state index contributed by atoms with van der Waals surface area (Å²) >= 11 is 0. The molecule has 3 amide bonds. The third-order valence-electron chi connectivity index (χ3n) is 7.38. The van der Waals surface area contributed by atoms with E-state index in [0.717, 1.165) is 11.1 Å². The van der Waals surface area contributed by atoms with Crippen LogP contribution in [0.5, 0.6) is 0 Å². The Kier molecular flexibility index (Phi) is 12.5. The Balaban J connectivity index is 1.69. The highest BCUT2D eigenvalue weighted by atomic mass is 16.7. The zero-order chi connectivity index (χ0) is 32.3. The number of carbonyl (C=O) groups is 5. The van der Waals surface area contributed by atoms with Crippen LogP contribution in [0.25, 0.3) is 11.1 Å². The minimum absolute atomic E-state index is 0.170. The van der Waals surface area contributed by atoms with Gasteiger partial charge in [-0.05, 0) is 29.7 Å². The van der Waals surface area contributed by atoms with E-state index in [2.05, 4.69) is 16.0 Å². The topological polar surface area (TPSA) is 201 Å². The smallest absolute Gasteiger partial charge is 0.364 e. The van der Waals surface area contributed by atoms with E-state index in [9.17, 15) is 39.3 Å². The molecule has 13 heteroatoms. The van der Waals surface area contributed by atoms with Gasteiger partial charge in [0.2, 0.25) is 11.8 Å². The largest absolute Gasteiger partial charge is 0.477 e. The predicted octanol–water partition coefficient (Wildman–Crippen LogP) is 0.628. The van der Waals surface area contributed by atoms with E-state index in [0.29, 0.717) is 18.3 Å². The van der Waals surface area contributed by atoms with Crippen molar-refractivity contribution < 1.29 is 48.8 Å². The Hall–Kier alpha value is -4.17. The van der Waals surface area contributed by atoms with Crippen molar-refractivity contribution in [2.24, 2.45) is 5.92 Å². The molecule has 6 N–H and O–H groups in total. The summed E-state index contributed by atoms with van der Waals surface area (Å²) in [5.41, 5.74) is 2.27. The maximum Gasteiger partial charge on any atom is 0.364 e. The van der Waals surface area contributed by atoms with Crippen molar-refractivity contribution in [3.05, 3.63) is 60.2 Å². The van der Waals surface area contributed by atoms with E-state index in [1.165, 1.54) is 13.8 Å². The molecule has 44 heavy (non-hydrogen) atoms.